The molecule has 0 fully saturated rings. The van der Waals surface area contributed by atoms with Crippen LogP contribution < -0.4 is 5.32 Å². The fourth-order valence-electron chi connectivity index (χ4n) is 2.93. The van der Waals surface area contributed by atoms with Crippen LogP contribution >= 0.6 is 11.6 Å². The summed E-state index contributed by atoms with van der Waals surface area (Å²) >= 11 is 5.95. The zero-order chi connectivity index (χ0) is 19.7. The summed E-state index contributed by atoms with van der Waals surface area (Å²) in [5.74, 6) is 0.382. The largest absolute Gasteiger partial charge is 0.416 e. The van der Waals surface area contributed by atoms with Crippen molar-refractivity contribution in [1.82, 2.24) is 10.2 Å². The van der Waals surface area contributed by atoms with E-state index in [1.807, 2.05) is 36.4 Å². The summed E-state index contributed by atoms with van der Waals surface area (Å²) in [5.41, 5.74) is 1.07. The number of aromatic nitrogens is 2. The van der Waals surface area contributed by atoms with E-state index >= 15 is 0 Å². The van der Waals surface area contributed by atoms with E-state index < -0.39 is 11.7 Å². The van der Waals surface area contributed by atoms with Crippen molar-refractivity contribution in [3.8, 4) is 11.3 Å². The van der Waals surface area contributed by atoms with Gasteiger partial charge in [-0.3, -0.25) is 0 Å². The molecule has 0 aliphatic heterocycles. The molecule has 0 bridgehead atoms. The van der Waals surface area contributed by atoms with Crippen LogP contribution in [0, 0.1) is 0 Å². The minimum Gasteiger partial charge on any atom is -0.338 e. The predicted octanol–water partition coefficient (Wildman–Crippen LogP) is 6.71. The number of nitrogens with one attached hydrogen (secondary N) is 1. The van der Waals surface area contributed by atoms with Crippen LogP contribution in [0.4, 0.5) is 24.7 Å². The van der Waals surface area contributed by atoms with Crippen LogP contribution in [-0.2, 0) is 6.18 Å². The van der Waals surface area contributed by atoms with Gasteiger partial charge in [0, 0.05) is 27.0 Å². The second-order valence-corrected chi connectivity index (χ2v) is 6.59. The van der Waals surface area contributed by atoms with Crippen LogP contribution in [0.1, 0.15) is 5.56 Å². The van der Waals surface area contributed by atoms with Gasteiger partial charge in [0.15, 0.2) is 5.82 Å². The number of alkyl halides is 3. The molecule has 0 saturated carbocycles. The Balaban J connectivity index is 1.78. The molecule has 3 aromatic carbocycles. The Kier molecular flexibility index (Phi) is 4.65. The summed E-state index contributed by atoms with van der Waals surface area (Å²) in [6, 6.07) is 19.7. The highest BCUT2D eigenvalue weighted by Gasteiger charge is 2.30. The van der Waals surface area contributed by atoms with Crippen LogP contribution in [0.15, 0.2) is 72.8 Å². The first-order valence-corrected chi connectivity index (χ1v) is 8.75. The quantitative estimate of drug-likeness (QED) is 0.416. The van der Waals surface area contributed by atoms with E-state index in [4.69, 9.17) is 11.6 Å². The maximum atomic E-state index is 13.0. The summed E-state index contributed by atoms with van der Waals surface area (Å²) in [5, 5.41) is 13.7. The van der Waals surface area contributed by atoms with Gasteiger partial charge in [0.2, 0.25) is 0 Å². The average Bonchev–Trinajstić information content (AvgIpc) is 2.69. The molecule has 0 radical (unpaired) electrons. The highest BCUT2D eigenvalue weighted by molar-refractivity contribution is 6.30. The molecule has 0 saturated heterocycles. The number of anilines is 2. The molecule has 1 aromatic heterocycles. The molecule has 0 unspecified atom stereocenters. The van der Waals surface area contributed by atoms with Crippen molar-refractivity contribution in [1.29, 1.82) is 0 Å². The van der Waals surface area contributed by atoms with Crippen molar-refractivity contribution in [2.75, 3.05) is 5.32 Å². The van der Waals surface area contributed by atoms with Gasteiger partial charge in [0.1, 0.15) is 5.69 Å². The van der Waals surface area contributed by atoms with Crippen LogP contribution in [-0.4, -0.2) is 10.2 Å². The molecule has 1 N–H and O–H groups in total. The molecule has 0 atom stereocenters. The van der Waals surface area contributed by atoms with Crippen LogP contribution in [0.25, 0.3) is 22.0 Å². The lowest BCUT2D eigenvalue weighted by atomic mass is 10.0. The number of nitrogens with zero attached hydrogens (tertiary/aromatic N) is 2. The van der Waals surface area contributed by atoms with E-state index in [0.29, 0.717) is 16.5 Å². The summed E-state index contributed by atoms with van der Waals surface area (Å²) in [6.07, 6.45) is -4.41. The molecule has 4 aromatic rings. The standard InChI is InChI=1S/C21H13ClF3N3/c22-15-10-8-13(9-11-15)19-17-6-1-2-7-18(17)20(28-27-19)26-16-5-3-4-14(12-16)21(23,24)25/h1-12H,(H,26,28). The first-order valence-electron chi connectivity index (χ1n) is 8.37. The van der Waals surface area contributed by atoms with Gasteiger partial charge in [-0.15, -0.1) is 10.2 Å². The highest BCUT2D eigenvalue weighted by atomic mass is 35.5. The topological polar surface area (TPSA) is 37.8 Å². The first kappa shape index (κ1) is 18.3. The Morgan fingerprint density at radius 1 is 0.786 bits per heavy atom. The lowest BCUT2D eigenvalue weighted by molar-refractivity contribution is -0.137. The van der Waals surface area contributed by atoms with Crippen molar-refractivity contribution in [2.45, 2.75) is 6.18 Å². The van der Waals surface area contributed by atoms with Gasteiger partial charge in [-0.05, 0) is 30.3 Å². The lowest BCUT2D eigenvalue weighted by Crippen LogP contribution is -2.05. The Labute approximate surface area is 163 Å². The maximum absolute atomic E-state index is 13.0. The van der Waals surface area contributed by atoms with E-state index in [0.717, 1.165) is 28.5 Å². The maximum Gasteiger partial charge on any atom is 0.416 e. The van der Waals surface area contributed by atoms with Crippen LogP contribution in [0.5, 0.6) is 0 Å². The molecule has 3 nitrogen and oxygen atoms in total. The highest BCUT2D eigenvalue weighted by Crippen LogP contribution is 2.34. The zero-order valence-corrected chi connectivity index (χ0v) is 15.1. The summed E-state index contributed by atoms with van der Waals surface area (Å²) in [7, 11) is 0. The lowest BCUT2D eigenvalue weighted by Gasteiger charge is -2.13. The summed E-state index contributed by atoms with van der Waals surface area (Å²) in [6.45, 7) is 0. The number of benzene rings is 3. The normalized spacial score (nSPS) is 11.6. The number of fused-ring (bicyclic) bond motifs is 1. The third-order valence-corrected chi connectivity index (χ3v) is 4.51. The Morgan fingerprint density at radius 3 is 2.21 bits per heavy atom. The molecule has 0 aliphatic rings. The molecule has 7 heteroatoms. The second kappa shape index (κ2) is 7.13. The third kappa shape index (κ3) is 3.64. The van der Waals surface area contributed by atoms with Crippen molar-refractivity contribution >= 4 is 33.9 Å². The number of halogens is 4. The van der Waals surface area contributed by atoms with E-state index in [-0.39, 0.29) is 5.69 Å². The molecule has 0 aliphatic carbocycles. The molecule has 140 valence electrons. The van der Waals surface area contributed by atoms with Crippen molar-refractivity contribution in [3.05, 3.63) is 83.4 Å². The number of rotatable bonds is 3. The van der Waals surface area contributed by atoms with Gasteiger partial charge in [0.05, 0.1) is 5.56 Å². The molecule has 4 rings (SSSR count). The third-order valence-electron chi connectivity index (χ3n) is 4.26. The molecular formula is C21H13ClF3N3. The number of hydrogen-bond acceptors (Lipinski definition) is 3. The molecule has 0 spiro atoms. The monoisotopic (exact) mass is 399 g/mol. The van der Waals surface area contributed by atoms with Crippen molar-refractivity contribution < 1.29 is 13.2 Å². The van der Waals surface area contributed by atoms with Gasteiger partial charge in [-0.2, -0.15) is 13.2 Å². The zero-order valence-electron chi connectivity index (χ0n) is 14.3. The van der Waals surface area contributed by atoms with Gasteiger partial charge in [-0.1, -0.05) is 54.1 Å². The Bertz CT molecular complexity index is 1140. The Morgan fingerprint density at radius 2 is 1.50 bits per heavy atom. The van der Waals surface area contributed by atoms with E-state index in [1.54, 1.807) is 18.2 Å². The fourth-order valence-corrected chi connectivity index (χ4v) is 3.05. The van der Waals surface area contributed by atoms with E-state index in [1.165, 1.54) is 6.07 Å². The fraction of sp³-hybridized carbons (Fsp3) is 0.0476. The molecule has 28 heavy (non-hydrogen) atoms. The Hall–Kier alpha value is -3.12. The summed E-state index contributed by atoms with van der Waals surface area (Å²) < 4.78 is 38.9. The van der Waals surface area contributed by atoms with Gasteiger partial charge in [-0.25, -0.2) is 0 Å². The minimum absolute atomic E-state index is 0.286. The molecule has 1 heterocycles. The first-order chi connectivity index (χ1) is 13.4. The van der Waals surface area contributed by atoms with Gasteiger partial charge < -0.3 is 5.32 Å². The van der Waals surface area contributed by atoms with Gasteiger partial charge in [0.25, 0.3) is 0 Å². The van der Waals surface area contributed by atoms with Crippen LogP contribution in [0.2, 0.25) is 5.02 Å². The SMILES string of the molecule is FC(F)(F)c1cccc(Nc2nnc(-c3ccc(Cl)cc3)c3ccccc23)c1. The minimum atomic E-state index is -4.41. The second-order valence-electron chi connectivity index (χ2n) is 6.15. The average molecular weight is 400 g/mol. The van der Waals surface area contributed by atoms with Crippen LogP contribution in [0.3, 0.4) is 0 Å². The predicted molar refractivity (Wildman–Crippen MR) is 105 cm³/mol. The number of hydrogen-bond donors (Lipinski definition) is 1. The molecule has 0 amide bonds. The summed E-state index contributed by atoms with van der Waals surface area (Å²) in [4.78, 5) is 0. The van der Waals surface area contributed by atoms with E-state index in [9.17, 15) is 13.2 Å². The van der Waals surface area contributed by atoms with Crippen molar-refractivity contribution in [2.24, 2.45) is 0 Å². The smallest absolute Gasteiger partial charge is 0.338 e. The van der Waals surface area contributed by atoms with Crippen molar-refractivity contribution in [3.63, 3.8) is 0 Å². The van der Waals surface area contributed by atoms with Gasteiger partial charge >= 0.3 is 6.18 Å². The van der Waals surface area contributed by atoms with E-state index in [2.05, 4.69) is 15.5 Å². The molecular weight excluding hydrogens is 387 g/mol.